The SMILES string of the molecule is Cc1ccc(S(=O)(=O)OCCOCCOCCOCCOCCOCCOCCOCCOC(=O)C(=O)c2ccccc2)cc1. The standard InChI is InChI=1S/C31H44O13S/c1-27-7-9-29(10-8-27)45(34,35)44-26-24-42-22-20-40-18-16-38-14-12-36-11-13-37-15-17-39-19-21-41-23-25-43-31(33)30(32)28-5-3-2-4-6-28/h2-10H,11-26H2,1H3. The third kappa shape index (κ3) is 18.7. The molecule has 13 nitrogen and oxygen atoms in total. The highest BCUT2D eigenvalue weighted by molar-refractivity contribution is 7.86. The van der Waals surface area contributed by atoms with Crippen LogP contribution in [0.15, 0.2) is 59.5 Å². The lowest BCUT2D eigenvalue weighted by atomic mass is 10.1. The van der Waals surface area contributed by atoms with E-state index < -0.39 is 21.9 Å². The quantitative estimate of drug-likeness (QED) is 0.0433. The van der Waals surface area contributed by atoms with E-state index in [1.165, 1.54) is 12.1 Å². The monoisotopic (exact) mass is 656 g/mol. The lowest BCUT2D eigenvalue weighted by Gasteiger charge is -2.09. The van der Waals surface area contributed by atoms with E-state index in [-0.39, 0.29) is 36.9 Å². The summed E-state index contributed by atoms with van der Waals surface area (Å²) < 4.78 is 71.7. The van der Waals surface area contributed by atoms with E-state index in [4.69, 9.17) is 42.1 Å². The Morgan fingerprint density at radius 1 is 0.511 bits per heavy atom. The average Bonchev–Trinajstić information content (AvgIpc) is 3.04. The second kappa shape index (κ2) is 24.4. The Morgan fingerprint density at radius 3 is 1.31 bits per heavy atom. The maximum atomic E-state index is 12.1. The van der Waals surface area contributed by atoms with Crippen LogP contribution in [0.2, 0.25) is 0 Å². The van der Waals surface area contributed by atoms with E-state index in [2.05, 4.69) is 0 Å². The Morgan fingerprint density at radius 2 is 0.889 bits per heavy atom. The van der Waals surface area contributed by atoms with Crippen molar-refractivity contribution in [3.63, 3.8) is 0 Å². The second-order valence-electron chi connectivity index (χ2n) is 9.21. The molecule has 0 aliphatic rings. The number of benzene rings is 2. The molecule has 0 heterocycles. The van der Waals surface area contributed by atoms with Gasteiger partial charge in [0.25, 0.3) is 15.9 Å². The van der Waals surface area contributed by atoms with E-state index in [1.54, 1.807) is 42.5 Å². The van der Waals surface area contributed by atoms with Crippen LogP contribution in [0.4, 0.5) is 0 Å². The minimum Gasteiger partial charge on any atom is -0.457 e. The minimum absolute atomic E-state index is 0.0138. The van der Waals surface area contributed by atoms with E-state index in [1.807, 2.05) is 6.92 Å². The molecule has 0 aliphatic carbocycles. The fourth-order valence-corrected chi connectivity index (χ4v) is 4.26. The van der Waals surface area contributed by atoms with Crippen molar-refractivity contribution in [2.24, 2.45) is 0 Å². The molecule has 252 valence electrons. The van der Waals surface area contributed by atoms with Crippen molar-refractivity contribution in [1.82, 2.24) is 0 Å². The van der Waals surface area contributed by atoms with Crippen molar-refractivity contribution in [3.05, 3.63) is 65.7 Å². The summed E-state index contributed by atoms with van der Waals surface area (Å²) in [6.45, 7) is 6.81. The highest BCUT2D eigenvalue weighted by atomic mass is 32.2. The number of hydrogen-bond acceptors (Lipinski definition) is 13. The largest absolute Gasteiger partial charge is 0.457 e. The molecule has 2 aromatic rings. The summed E-state index contributed by atoms with van der Waals surface area (Å²) in [5.41, 5.74) is 1.25. The molecule has 0 bridgehead atoms. The first-order valence-electron chi connectivity index (χ1n) is 14.7. The smallest absolute Gasteiger partial charge is 0.379 e. The summed E-state index contributed by atoms with van der Waals surface area (Å²) in [4.78, 5) is 23.7. The van der Waals surface area contributed by atoms with Crippen LogP contribution in [-0.2, 0) is 57.0 Å². The van der Waals surface area contributed by atoms with Crippen LogP contribution >= 0.6 is 0 Å². The summed E-state index contributed by atoms with van der Waals surface area (Å²) in [5, 5.41) is 0. The van der Waals surface area contributed by atoms with E-state index in [9.17, 15) is 18.0 Å². The summed E-state index contributed by atoms with van der Waals surface area (Å²) in [5.74, 6) is -1.59. The number of ether oxygens (including phenoxy) is 8. The molecule has 0 spiro atoms. The molecular formula is C31H44O13S. The first-order chi connectivity index (χ1) is 21.9. The third-order valence-electron chi connectivity index (χ3n) is 5.69. The Labute approximate surface area is 265 Å². The van der Waals surface area contributed by atoms with Gasteiger partial charge >= 0.3 is 5.97 Å². The fourth-order valence-electron chi connectivity index (χ4n) is 3.36. The van der Waals surface area contributed by atoms with E-state index >= 15 is 0 Å². The molecule has 0 amide bonds. The highest BCUT2D eigenvalue weighted by Gasteiger charge is 2.17. The average molecular weight is 657 g/mol. The predicted octanol–water partition coefficient (Wildman–Crippen LogP) is 2.24. The van der Waals surface area contributed by atoms with Crippen molar-refractivity contribution >= 4 is 21.9 Å². The van der Waals surface area contributed by atoms with Gasteiger partial charge in [0.2, 0.25) is 0 Å². The molecule has 0 fully saturated rings. The lowest BCUT2D eigenvalue weighted by Crippen LogP contribution is -2.20. The Hall–Kier alpha value is -2.79. The van der Waals surface area contributed by atoms with Crippen LogP contribution in [-0.4, -0.2) is 126 Å². The molecule has 0 unspecified atom stereocenters. The number of ketones is 1. The number of aryl methyl sites for hydroxylation is 1. The molecule has 2 rings (SSSR count). The molecule has 0 aromatic heterocycles. The van der Waals surface area contributed by atoms with Crippen LogP contribution in [0.1, 0.15) is 15.9 Å². The normalized spacial score (nSPS) is 11.5. The Bertz CT molecular complexity index is 1160. The molecule has 0 aliphatic heterocycles. The minimum atomic E-state index is -3.78. The van der Waals surface area contributed by atoms with Gasteiger partial charge in [0, 0.05) is 5.56 Å². The maximum Gasteiger partial charge on any atom is 0.379 e. The van der Waals surface area contributed by atoms with Gasteiger partial charge in [-0.05, 0) is 19.1 Å². The molecule has 0 N–H and O–H groups in total. The number of carbonyl (C=O) groups excluding carboxylic acids is 2. The van der Waals surface area contributed by atoms with Gasteiger partial charge in [-0.2, -0.15) is 8.42 Å². The summed E-state index contributed by atoms with van der Waals surface area (Å²) in [6, 6.07) is 14.7. The zero-order valence-electron chi connectivity index (χ0n) is 25.7. The van der Waals surface area contributed by atoms with Crippen LogP contribution in [0.5, 0.6) is 0 Å². The van der Waals surface area contributed by atoms with Crippen molar-refractivity contribution < 1.29 is 60.1 Å². The third-order valence-corrected chi connectivity index (χ3v) is 7.02. The number of esters is 1. The molecule has 2 aromatic carbocycles. The van der Waals surface area contributed by atoms with E-state index in [0.717, 1.165) is 5.56 Å². The van der Waals surface area contributed by atoms with Crippen LogP contribution in [0.3, 0.4) is 0 Å². The number of hydrogen-bond donors (Lipinski definition) is 0. The lowest BCUT2D eigenvalue weighted by molar-refractivity contribution is -0.139. The van der Waals surface area contributed by atoms with Gasteiger partial charge in [-0.3, -0.25) is 8.98 Å². The summed E-state index contributed by atoms with van der Waals surface area (Å²) >= 11 is 0. The van der Waals surface area contributed by atoms with Gasteiger partial charge < -0.3 is 37.9 Å². The van der Waals surface area contributed by atoms with E-state index in [0.29, 0.717) is 79.3 Å². The first-order valence-corrected chi connectivity index (χ1v) is 16.1. The van der Waals surface area contributed by atoms with Crippen LogP contribution < -0.4 is 0 Å². The zero-order valence-corrected chi connectivity index (χ0v) is 26.5. The Balaban J connectivity index is 1.24. The summed E-state index contributed by atoms with van der Waals surface area (Å²) in [6.07, 6.45) is 0. The first kappa shape index (κ1) is 38.4. The molecule has 0 atom stereocenters. The van der Waals surface area contributed by atoms with Crippen molar-refractivity contribution in [2.75, 3.05) is 106 Å². The molecule has 0 saturated carbocycles. The highest BCUT2D eigenvalue weighted by Crippen LogP contribution is 2.13. The molecule has 14 heteroatoms. The van der Waals surface area contributed by atoms with Gasteiger partial charge in [-0.25, -0.2) is 4.79 Å². The molecule has 0 saturated heterocycles. The van der Waals surface area contributed by atoms with Gasteiger partial charge in [-0.1, -0.05) is 48.0 Å². The predicted molar refractivity (Wildman–Crippen MR) is 162 cm³/mol. The topological polar surface area (TPSA) is 151 Å². The van der Waals surface area contributed by atoms with Crippen molar-refractivity contribution in [1.29, 1.82) is 0 Å². The maximum absolute atomic E-state index is 12.1. The van der Waals surface area contributed by atoms with Crippen LogP contribution in [0.25, 0.3) is 0 Å². The fraction of sp³-hybridized carbons (Fsp3) is 0.548. The number of carbonyl (C=O) groups is 2. The summed E-state index contributed by atoms with van der Waals surface area (Å²) in [7, 11) is -3.78. The van der Waals surface area contributed by atoms with Gasteiger partial charge in [0.05, 0.1) is 104 Å². The van der Waals surface area contributed by atoms with Crippen molar-refractivity contribution in [3.8, 4) is 0 Å². The zero-order chi connectivity index (χ0) is 32.4. The molecule has 0 radical (unpaired) electrons. The number of Topliss-reactive ketones (excluding diaryl/α,β-unsaturated/α-hetero) is 1. The van der Waals surface area contributed by atoms with Gasteiger partial charge in [-0.15, -0.1) is 0 Å². The second-order valence-corrected chi connectivity index (χ2v) is 10.8. The molecular weight excluding hydrogens is 612 g/mol. The van der Waals surface area contributed by atoms with Crippen molar-refractivity contribution in [2.45, 2.75) is 11.8 Å². The Kier molecular flexibility index (Phi) is 20.9. The van der Waals surface area contributed by atoms with Gasteiger partial charge in [0.15, 0.2) is 0 Å². The van der Waals surface area contributed by atoms with Gasteiger partial charge in [0.1, 0.15) is 6.61 Å². The van der Waals surface area contributed by atoms with Crippen LogP contribution in [0, 0.1) is 6.92 Å². The number of rotatable bonds is 28. The molecule has 45 heavy (non-hydrogen) atoms.